The molecule has 1 saturated heterocycles. The van der Waals surface area contributed by atoms with Crippen molar-refractivity contribution in [1.29, 1.82) is 0 Å². The number of nitrogens with zero attached hydrogens (tertiary/aromatic N) is 2. The summed E-state index contributed by atoms with van der Waals surface area (Å²) in [5.41, 5.74) is 6.09. The van der Waals surface area contributed by atoms with Gasteiger partial charge in [-0.25, -0.2) is 14.4 Å². The highest BCUT2D eigenvalue weighted by atomic mass is 19.1. The van der Waals surface area contributed by atoms with Crippen LogP contribution >= 0.6 is 0 Å². The normalized spacial score (nSPS) is 20.0. The summed E-state index contributed by atoms with van der Waals surface area (Å²) in [6, 6.07) is 1.54. The monoisotopic (exact) mass is 364 g/mol. The summed E-state index contributed by atoms with van der Waals surface area (Å²) in [6.07, 6.45) is 0.611. The second-order valence-corrected chi connectivity index (χ2v) is 6.02. The maximum absolute atomic E-state index is 14.9. The van der Waals surface area contributed by atoms with Gasteiger partial charge < -0.3 is 25.3 Å². The van der Waals surface area contributed by atoms with E-state index in [4.69, 9.17) is 19.9 Å². The van der Waals surface area contributed by atoms with Gasteiger partial charge in [0.25, 0.3) is 0 Å². The van der Waals surface area contributed by atoms with Crippen molar-refractivity contribution < 1.29 is 23.4 Å². The zero-order chi connectivity index (χ0) is 18.8. The summed E-state index contributed by atoms with van der Waals surface area (Å²) >= 11 is 0. The van der Waals surface area contributed by atoms with Gasteiger partial charge in [0.05, 0.1) is 27.2 Å². The van der Waals surface area contributed by atoms with Crippen LogP contribution < -0.4 is 20.5 Å². The molecule has 1 aliphatic heterocycles. The average molecular weight is 364 g/mol. The van der Waals surface area contributed by atoms with E-state index < -0.39 is 11.7 Å². The first-order valence-corrected chi connectivity index (χ1v) is 8.17. The fourth-order valence-corrected chi connectivity index (χ4v) is 3.30. The number of nitrogens with two attached hydrogens (primary N) is 1. The van der Waals surface area contributed by atoms with Gasteiger partial charge in [-0.3, -0.25) is 4.79 Å². The number of hydrogen-bond acceptors (Lipinski definition) is 8. The first-order chi connectivity index (χ1) is 12.5. The lowest BCUT2D eigenvalue weighted by Crippen LogP contribution is -2.40. The van der Waals surface area contributed by atoms with Gasteiger partial charge in [0.1, 0.15) is 17.2 Å². The molecule has 0 aliphatic carbocycles. The van der Waals surface area contributed by atoms with Gasteiger partial charge in [-0.1, -0.05) is 0 Å². The Labute approximate surface area is 149 Å². The molecule has 2 unspecified atom stereocenters. The number of ether oxygens (including phenoxy) is 3. The van der Waals surface area contributed by atoms with Gasteiger partial charge in [-0.05, 0) is 19.0 Å². The zero-order valence-corrected chi connectivity index (χ0v) is 14.8. The maximum Gasteiger partial charge on any atom is 0.310 e. The SMILES string of the molecule is COC(=O)C1CNCCC1c1nc(N)c2cc(OC)c(OC)c(F)c2n1. The topological polar surface area (TPSA) is 109 Å². The summed E-state index contributed by atoms with van der Waals surface area (Å²) in [7, 11) is 4.09. The lowest BCUT2D eigenvalue weighted by atomic mass is 9.85. The molecule has 0 amide bonds. The van der Waals surface area contributed by atoms with Gasteiger partial charge in [0.2, 0.25) is 0 Å². The molecule has 1 aromatic heterocycles. The van der Waals surface area contributed by atoms with Crippen molar-refractivity contribution in [1.82, 2.24) is 15.3 Å². The Morgan fingerprint density at radius 3 is 2.73 bits per heavy atom. The van der Waals surface area contributed by atoms with E-state index in [0.29, 0.717) is 30.7 Å². The molecule has 26 heavy (non-hydrogen) atoms. The van der Waals surface area contributed by atoms with E-state index >= 15 is 0 Å². The molecule has 0 radical (unpaired) electrons. The number of carbonyl (C=O) groups excluding carboxylic acids is 1. The number of hydrogen-bond donors (Lipinski definition) is 2. The lowest BCUT2D eigenvalue weighted by Gasteiger charge is -2.29. The van der Waals surface area contributed by atoms with Crippen molar-refractivity contribution >= 4 is 22.7 Å². The molecule has 140 valence electrons. The number of halogens is 1. The highest BCUT2D eigenvalue weighted by molar-refractivity contribution is 5.91. The summed E-state index contributed by atoms with van der Waals surface area (Å²) in [4.78, 5) is 20.8. The van der Waals surface area contributed by atoms with Crippen LogP contribution in [-0.4, -0.2) is 50.4 Å². The molecule has 1 aromatic carbocycles. The molecule has 2 aromatic rings. The minimum absolute atomic E-state index is 0.0345. The summed E-state index contributed by atoms with van der Waals surface area (Å²) in [5, 5.41) is 3.47. The average Bonchev–Trinajstić information content (AvgIpc) is 2.67. The zero-order valence-electron chi connectivity index (χ0n) is 14.8. The van der Waals surface area contributed by atoms with Crippen LogP contribution in [0.25, 0.3) is 10.9 Å². The van der Waals surface area contributed by atoms with Crippen molar-refractivity contribution in [3.05, 3.63) is 17.7 Å². The predicted octanol–water partition coefficient (Wildman–Crippen LogP) is 1.23. The van der Waals surface area contributed by atoms with E-state index in [1.165, 1.54) is 27.4 Å². The van der Waals surface area contributed by atoms with Crippen LogP contribution in [0.5, 0.6) is 11.5 Å². The summed E-state index contributed by atoms with van der Waals surface area (Å²) in [6.45, 7) is 1.13. The smallest absolute Gasteiger partial charge is 0.310 e. The van der Waals surface area contributed by atoms with Crippen molar-refractivity contribution in [2.75, 3.05) is 40.2 Å². The fourth-order valence-electron chi connectivity index (χ4n) is 3.30. The third-order valence-electron chi connectivity index (χ3n) is 4.64. The van der Waals surface area contributed by atoms with E-state index in [-0.39, 0.29) is 34.7 Å². The number of benzene rings is 1. The molecule has 1 fully saturated rings. The van der Waals surface area contributed by atoms with Gasteiger partial charge in [0.15, 0.2) is 17.3 Å². The molecule has 3 rings (SSSR count). The van der Waals surface area contributed by atoms with E-state index in [9.17, 15) is 9.18 Å². The third kappa shape index (κ3) is 2.98. The molecule has 1 aliphatic rings. The van der Waals surface area contributed by atoms with E-state index in [2.05, 4.69) is 15.3 Å². The second-order valence-electron chi connectivity index (χ2n) is 6.02. The molecule has 9 heteroatoms. The van der Waals surface area contributed by atoms with Gasteiger partial charge >= 0.3 is 5.97 Å². The Hall–Kier alpha value is -2.68. The van der Waals surface area contributed by atoms with Crippen molar-refractivity contribution in [2.45, 2.75) is 12.3 Å². The molecule has 0 saturated carbocycles. The van der Waals surface area contributed by atoms with Crippen LogP contribution in [0.1, 0.15) is 18.2 Å². The Balaban J connectivity index is 2.15. The van der Waals surface area contributed by atoms with Crippen LogP contribution in [0.15, 0.2) is 6.07 Å². The lowest BCUT2D eigenvalue weighted by molar-refractivity contribution is -0.146. The minimum atomic E-state index is -0.680. The maximum atomic E-state index is 14.9. The van der Waals surface area contributed by atoms with Crippen LogP contribution in [-0.2, 0) is 9.53 Å². The number of nitrogens with one attached hydrogen (secondary N) is 1. The molecule has 0 spiro atoms. The predicted molar refractivity (Wildman–Crippen MR) is 92.7 cm³/mol. The van der Waals surface area contributed by atoms with Crippen molar-refractivity contribution in [2.24, 2.45) is 5.92 Å². The number of aromatic nitrogens is 2. The molecular weight excluding hydrogens is 343 g/mol. The number of nitrogen functional groups attached to an aromatic ring is 1. The van der Waals surface area contributed by atoms with Crippen molar-refractivity contribution in [3.63, 3.8) is 0 Å². The van der Waals surface area contributed by atoms with Gasteiger partial charge in [-0.15, -0.1) is 0 Å². The Morgan fingerprint density at radius 1 is 1.31 bits per heavy atom. The molecule has 2 atom stereocenters. The summed E-state index contributed by atoms with van der Waals surface area (Å²) < 4.78 is 30.0. The largest absolute Gasteiger partial charge is 0.493 e. The number of fused-ring (bicyclic) bond motifs is 1. The van der Waals surface area contributed by atoms with Gasteiger partial charge in [0, 0.05) is 17.8 Å². The van der Waals surface area contributed by atoms with E-state index in [1.807, 2.05) is 0 Å². The number of methoxy groups -OCH3 is 3. The number of anilines is 1. The quantitative estimate of drug-likeness (QED) is 0.780. The molecule has 0 bridgehead atoms. The second kappa shape index (κ2) is 7.28. The van der Waals surface area contributed by atoms with E-state index in [1.54, 1.807) is 0 Å². The van der Waals surface area contributed by atoms with Crippen LogP contribution in [0.4, 0.5) is 10.2 Å². The number of carbonyl (C=O) groups is 1. The standard InChI is InChI=1S/C17H21FN4O4/c1-24-11-6-9-13(12(18)14(11)25-2)21-16(22-15(9)19)8-4-5-20-7-10(8)17(23)26-3/h6,8,10,20H,4-5,7H2,1-3H3,(H2,19,21,22). The Kier molecular flexibility index (Phi) is 5.08. The molecule has 8 nitrogen and oxygen atoms in total. The highest BCUT2D eigenvalue weighted by Crippen LogP contribution is 2.38. The number of rotatable bonds is 4. The van der Waals surface area contributed by atoms with Crippen LogP contribution in [0, 0.1) is 11.7 Å². The molecule has 2 heterocycles. The number of piperidine rings is 1. The van der Waals surface area contributed by atoms with E-state index in [0.717, 1.165) is 0 Å². The summed E-state index contributed by atoms with van der Waals surface area (Å²) in [5.74, 6) is -1.24. The Bertz CT molecular complexity index is 845. The van der Waals surface area contributed by atoms with Crippen LogP contribution in [0.3, 0.4) is 0 Å². The first-order valence-electron chi connectivity index (χ1n) is 8.17. The van der Waals surface area contributed by atoms with Gasteiger partial charge in [-0.2, -0.15) is 0 Å². The fraction of sp³-hybridized carbons (Fsp3) is 0.471. The third-order valence-corrected chi connectivity index (χ3v) is 4.64. The minimum Gasteiger partial charge on any atom is -0.493 e. The molecule has 3 N–H and O–H groups in total. The highest BCUT2D eigenvalue weighted by Gasteiger charge is 2.35. The molecular formula is C17H21FN4O4. The van der Waals surface area contributed by atoms with Crippen LogP contribution in [0.2, 0.25) is 0 Å². The van der Waals surface area contributed by atoms with Crippen molar-refractivity contribution in [3.8, 4) is 11.5 Å². The Morgan fingerprint density at radius 2 is 2.08 bits per heavy atom. The first kappa shape index (κ1) is 18.1. The number of esters is 1.